The highest BCUT2D eigenvalue weighted by Crippen LogP contribution is 2.47. The predicted molar refractivity (Wildman–Crippen MR) is 130 cm³/mol. The van der Waals surface area contributed by atoms with Crippen molar-refractivity contribution in [1.29, 1.82) is 0 Å². The van der Waals surface area contributed by atoms with Crippen LogP contribution in [-0.2, 0) is 20.9 Å². The Balaban J connectivity index is 1.66. The lowest BCUT2D eigenvalue weighted by Gasteiger charge is -2.37. The molecule has 2 heterocycles. The van der Waals surface area contributed by atoms with Crippen LogP contribution in [0.5, 0.6) is 17.2 Å². The fourth-order valence-corrected chi connectivity index (χ4v) is 5.50. The van der Waals surface area contributed by atoms with Gasteiger partial charge in [0.1, 0.15) is 5.75 Å². The second kappa shape index (κ2) is 9.36. The van der Waals surface area contributed by atoms with Gasteiger partial charge in [-0.05, 0) is 76.3 Å². The van der Waals surface area contributed by atoms with Gasteiger partial charge in [0.25, 0.3) is 0 Å². The largest absolute Gasteiger partial charge is 0.493 e. The lowest BCUT2D eigenvalue weighted by Crippen LogP contribution is -2.39. The lowest BCUT2D eigenvalue weighted by molar-refractivity contribution is -0.144. The molecule has 0 saturated carbocycles. The van der Waals surface area contributed by atoms with Crippen LogP contribution in [0.25, 0.3) is 21.5 Å². The summed E-state index contributed by atoms with van der Waals surface area (Å²) in [6.45, 7) is 1.72. The SMILES string of the molecule is COC(=O)CCC(=O)Oc1ccc2c3c(c4cc(OC)c(OC)cc4c2c1)CN1CCC[C@H]1[C@H]3O. The van der Waals surface area contributed by atoms with E-state index >= 15 is 0 Å². The number of carbonyl (C=O) groups excluding carboxylic acids is 2. The number of carbonyl (C=O) groups is 2. The quantitative estimate of drug-likeness (QED) is 0.323. The Kier molecular flexibility index (Phi) is 6.25. The van der Waals surface area contributed by atoms with E-state index in [1.54, 1.807) is 20.3 Å². The summed E-state index contributed by atoms with van der Waals surface area (Å²) in [5, 5.41) is 15.1. The molecule has 0 spiro atoms. The minimum Gasteiger partial charge on any atom is -0.493 e. The molecular weight excluding hydrogens is 450 g/mol. The van der Waals surface area contributed by atoms with E-state index in [2.05, 4.69) is 9.64 Å². The van der Waals surface area contributed by atoms with Crippen molar-refractivity contribution in [3.8, 4) is 17.2 Å². The molecule has 2 aliphatic heterocycles. The van der Waals surface area contributed by atoms with Gasteiger partial charge < -0.3 is 24.1 Å². The summed E-state index contributed by atoms with van der Waals surface area (Å²) in [7, 11) is 4.48. The Hall–Kier alpha value is -3.36. The molecular formula is C27H29NO7. The summed E-state index contributed by atoms with van der Waals surface area (Å²) in [6.07, 6.45) is 1.29. The summed E-state index contributed by atoms with van der Waals surface area (Å²) < 4.78 is 21.3. The van der Waals surface area contributed by atoms with Gasteiger partial charge >= 0.3 is 11.9 Å². The molecule has 1 fully saturated rings. The first-order valence-electron chi connectivity index (χ1n) is 11.8. The van der Waals surface area contributed by atoms with E-state index in [4.69, 9.17) is 14.2 Å². The molecule has 3 aromatic carbocycles. The molecule has 5 rings (SSSR count). The standard InChI is InChI=1S/C27H29NO7/c1-32-22-12-18-17-11-15(35-25(30)9-8-24(29)34-3)6-7-16(17)26-20(19(18)13-23(22)33-2)14-28-10-4-5-21(28)27(26)31/h6-7,11-13,21,27,31H,4-5,8-10,14H2,1-3H3/t21-,27+/m0/s1. The highest BCUT2D eigenvalue weighted by Gasteiger charge is 2.39. The number of benzene rings is 3. The molecule has 0 unspecified atom stereocenters. The Morgan fingerprint density at radius 1 is 0.943 bits per heavy atom. The molecule has 8 heteroatoms. The van der Waals surface area contributed by atoms with E-state index in [-0.39, 0.29) is 18.9 Å². The van der Waals surface area contributed by atoms with Crippen LogP contribution in [0.4, 0.5) is 0 Å². The van der Waals surface area contributed by atoms with Crippen LogP contribution >= 0.6 is 0 Å². The number of hydrogen-bond donors (Lipinski definition) is 1. The summed E-state index contributed by atoms with van der Waals surface area (Å²) in [5.74, 6) is 0.602. The zero-order chi connectivity index (χ0) is 24.7. The van der Waals surface area contributed by atoms with Crippen molar-refractivity contribution in [2.45, 2.75) is 44.4 Å². The first-order chi connectivity index (χ1) is 16.9. The maximum Gasteiger partial charge on any atom is 0.311 e. The van der Waals surface area contributed by atoms with Crippen molar-refractivity contribution in [1.82, 2.24) is 4.90 Å². The molecule has 3 aromatic rings. The number of hydrogen-bond acceptors (Lipinski definition) is 8. The number of rotatable bonds is 6. The number of methoxy groups -OCH3 is 3. The number of fused-ring (bicyclic) bond motifs is 7. The molecule has 8 nitrogen and oxygen atoms in total. The van der Waals surface area contributed by atoms with E-state index in [1.807, 2.05) is 24.3 Å². The lowest BCUT2D eigenvalue weighted by atomic mass is 9.83. The number of aliphatic hydroxyl groups is 1. The van der Waals surface area contributed by atoms with Crippen LogP contribution in [0.3, 0.4) is 0 Å². The summed E-state index contributed by atoms with van der Waals surface area (Å²) in [6, 6.07) is 9.44. The van der Waals surface area contributed by atoms with E-state index in [1.165, 1.54) is 7.11 Å². The molecule has 35 heavy (non-hydrogen) atoms. The third kappa shape index (κ3) is 4.06. The predicted octanol–water partition coefficient (Wildman–Crippen LogP) is 3.88. The molecule has 0 radical (unpaired) electrons. The molecule has 2 aliphatic rings. The third-order valence-electron chi connectivity index (χ3n) is 7.17. The second-order valence-corrected chi connectivity index (χ2v) is 9.03. The zero-order valence-corrected chi connectivity index (χ0v) is 20.1. The molecule has 1 saturated heterocycles. The van der Waals surface area contributed by atoms with Gasteiger partial charge in [0.05, 0.1) is 40.3 Å². The van der Waals surface area contributed by atoms with Crippen molar-refractivity contribution >= 4 is 33.5 Å². The average molecular weight is 480 g/mol. The summed E-state index contributed by atoms with van der Waals surface area (Å²) >= 11 is 0. The first-order valence-corrected chi connectivity index (χ1v) is 11.8. The number of esters is 2. The smallest absolute Gasteiger partial charge is 0.311 e. The monoisotopic (exact) mass is 479 g/mol. The number of nitrogens with zero attached hydrogens (tertiary/aromatic N) is 1. The maximum absolute atomic E-state index is 12.3. The first kappa shape index (κ1) is 23.4. The van der Waals surface area contributed by atoms with Crippen molar-refractivity contribution in [2.24, 2.45) is 0 Å². The fourth-order valence-electron chi connectivity index (χ4n) is 5.50. The Morgan fingerprint density at radius 2 is 1.63 bits per heavy atom. The molecule has 2 atom stereocenters. The Bertz CT molecular complexity index is 1320. The topological polar surface area (TPSA) is 94.5 Å². The highest BCUT2D eigenvalue weighted by molar-refractivity contribution is 6.12. The second-order valence-electron chi connectivity index (χ2n) is 9.03. The van der Waals surface area contributed by atoms with Gasteiger partial charge in [0, 0.05) is 12.6 Å². The minimum atomic E-state index is -0.616. The average Bonchev–Trinajstić information content (AvgIpc) is 3.35. The van der Waals surface area contributed by atoms with Gasteiger partial charge in [0.2, 0.25) is 0 Å². The molecule has 1 N–H and O–H groups in total. The summed E-state index contributed by atoms with van der Waals surface area (Å²) in [5.41, 5.74) is 2.01. The molecule has 0 aromatic heterocycles. The van der Waals surface area contributed by atoms with Gasteiger partial charge in [-0.2, -0.15) is 0 Å². The fraction of sp³-hybridized carbons (Fsp3) is 0.407. The maximum atomic E-state index is 12.3. The van der Waals surface area contributed by atoms with Crippen molar-refractivity contribution in [3.63, 3.8) is 0 Å². The Labute approximate surface area is 203 Å². The van der Waals surface area contributed by atoms with Crippen LogP contribution < -0.4 is 14.2 Å². The third-order valence-corrected chi connectivity index (χ3v) is 7.17. The normalized spacial score (nSPS) is 19.3. The van der Waals surface area contributed by atoms with Gasteiger partial charge in [-0.25, -0.2) is 0 Å². The van der Waals surface area contributed by atoms with E-state index in [9.17, 15) is 14.7 Å². The highest BCUT2D eigenvalue weighted by atomic mass is 16.5. The Morgan fingerprint density at radius 3 is 2.34 bits per heavy atom. The van der Waals surface area contributed by atoms with Gasteiger partial charge in [0.15, 0.2) is 11.5 Å². The number of aliphatic hydroxyl groups excluding tert-OH is 1. The van der Waals surface area contributed by atoms with Crippen LogP contribution in [0.1, 0.15) is 42.9 Å². The summed E-state index contributed by atoms with van der Waals surface area (Å²) in [4.78, 5) is 26.0. The van der Waals surface area contributed by atoms with Crippen molar-refractivity contribution < 1.29 is 33.6 Å². The minimum absolute atomic E-state index is 0.0412. The van der Waals surface area contributed by atoms with Crippen molar-refractivity contribution in [2.75, 3.05) is 27.9 Å². The van der Waals surface area contributed by atoms with E-state index in [0.717, 1.165) is 58.6 Å². The van der Waals surface area contributed by atoms with Crippen LogP contribution in [0, 0.1) is 0 Å². The molecule has 184 valence electrons. The van der Waals surface area contributed by atoms with Crippen LogP contribution in [0.15, 0.2) is 30.3 Å². The van der Waals surface area contributed by atoms with Gasteiger partial charge in [-0.3, -0.25) is 14.5 Å². The van der Waals surface area contributed by atoms with Crippen molar-refractivity contribution in [3.05, 3.63) is 41.5 Å². The molecule has 0 aliphatic carbocycles. The molecule has 0 amide bonds. The molecule has 0 bridgehead atoms. The van der Waals surface area contributed by atoms with E-state index < -0.39 is 18.0 Å². The number of ether oxygens (including phenoxy) is 4. The van der Waals surface area contributed by atoms with Gasteiger partial charge in [-0.1, -0.05) is 6.07 Å². The van der Waals surface area contributed by atoms with E-state index in [0.29, 0.717) is 17.2 Å². The zero-order valence-electron chi connectivity index (χ0n) is 20.1. The van der Waals surface area contributed by atoms with Crippen LogP contribution in [0.2, 0.25) is 0 Å². The van der Waals surface area contributed by atoms with Crippen LogP contribution in [-0.4, -0.2) is 55.9 Å². The van der Waals surface area contributed by atoms with Gasteiger partial charge in [-0.15, -0.1) is 0 Å².